The molecule has 0 aromatic carbocycles. The minimum Gasteiger partial charge on any atom is -0.357 e. The molecule has 0 rings (SSSR count). The molecular weight excluding hydrogens is 737 g/mol. The zero-order valence-electron chi connectivity index (χ0n) is 41.7. The van der Waals surface area contributed by atoms with Gasteiger partial charge < -0.3 is 20.0 Å². The SMILES string of the molecule is CCCCCCCCCCN(CCCCCCCCCC)CCCCCCN(CCNC=O)C(=O)CCCCN(CCCCCCCCCC)CCCCCCCCCC. The van der Waals surface area contributed by atoms with Crippen molar-refractivity contribution in [3.63, 3.8) is 0 Å². The van der Waals surface area contributed by atoms with Gasteiger partial charge in [-0.2, -0.15) is 0 Å². The summed E-state index contributed by atoms with van der Waals surface area (Å²) in [4.78, 5) is 32.0. The second-order valence-electron chi connectivity index (χ2n) is 18.9. The summed E-state index contributed by atoms with van der Waals surface area (Å²) < 4.78 is 0. The number of carbonyl (C=O) groups excluding carboxylic acids is 2. The van der Waals surface area contributed by atoms with Crippen LogP contribution < -0.4 is 5.32 Å². The van der Waals surface area contributed by atoms with E-state index in [4.69, 9.17) is 0 Å². The monoisotopic (exact) mass is 847 g/mol. The summed E-state index contributed by atoms with van der Waals surface area (Å²) in [5.74, 6) is 0.280. The number of carbonyl (C=O) groups is 2. The molecule has 0 unspecified atom stereocenters. The van der Waals surface area contributed by atoms with E-state index in [1.165, 1.54) is 257 Å². The minimum atomic E-state index is 0.280. The van der Waals surface area contributed by atoms with Crippen molar-refractivity contribution >= 4 is 12.3 Å². The van der Waals surface area contributed by atoms with Gasteiger partial charge in [-0.15, -0.1) is 0 Å². The number of nitrogens with one attached hydrogen (secondary N) is 1. The van der Waals surface area contributed by atoms with Gasteiger partial charge >= 0.3 is 0 Å². The second kappa shape index (κ2) is 50.5. The van der Waals surface area contributed by atoms with Gasteiger partial charge in [0.25, 0.3) is 0 Å². The van der Waals surface area contributed by atoms with Crippen molar-refractivity contribution in [1.29, 1.82) is 0 Å². The van der Waals surface area contributed by atoms with E-state index in [0.717, 1.165) is 38.8 Å². The minimum absolute atomic E-state index is 0.280. The Labute approximate surface area is 377 Å². The quantitative estimate of drug-likeness (QED) is 0.0489. The Morgan fingerprint density at radius 2 is 0.583 bits per heavy atom. The number of amides is 2. The van der Waals surface area contributed by atoms with Crippen molar-refractivity contribution in [3.8, 4) is 0 Å². The summed E-state index contributed by atoms with van der Waals surface area (Å²) >= 11 is 0. The van der Waals surface area contributed by atoms with Gasteiger partial charge in [-0.3, -0.25) is 9.59 Å². The molecule has 0 atom stereocenters. The summed E-state index contributed by atoms with van der Waals surface area (Å²) in [7, 11) is 0. The van der Waals surface area contributed by atoms with Crippen LogP contribution in [-0.4, -0.2) is 85.9 Å². The molecule has 0 saturated carbocycles. The Balaban J connectivity index is 4.72. The second-order valence-corrected chi connectivity index (χ2v) is 18.9. The topological polar surface area (TPSA) is 55.9 Å². The molecular formula is C54H110N4O2. The van der Waals surface area contributed by atoms with E-state index in [0.29, 0.717) is 19.5 Å². The van der Waals surface area contributed by atoms with Gasteiger partial charge in [0.15, 0.2) is 0 Å². The lowest BCUT2D eigenvalue weighted by molar-refractivity contribution is -0.131. The predicted octanol–water partition coefficient (Wildman–Crippen LogP) is 15.5. The standard InChI is InChI=1S/C54H110N4O2/c1-5-9-13-17-21-25-29-36-45-56(46-37-30-26-22-18-14-10-6-2)49-40-33-34-41-51-58(52-44-55-53-59)54(60)43-35-42-50-57(47-38-31-27-23-19-15-11-7-3)48-39-32-28-24-20-16-12-8-4/h53H,5-52H2,1-4H3,(H,55,59). The average molecular weight is 847 g/mol. The zero-order valence-corrected chi connectivity index (χ0v) is 41.7. The zero-order chi connectivity index (χ0) is 43.7. The number of unbranched alkanes of at least 4 members (excludes halogenated alkanes) is 32. The first-order valence-corrected chi connectivity index (χ1v) is 27.5. The molecule has 0 aromatic heterocycles. The number of rotatable bonds is 52. The Morgan fingerprint density at radius 1 is 0.333 bits per heavy atom. The third-order valence-electron chi connectivity index (χ3n) is 13.0. The molecule has 0 aliphatic carbocycles. The van der Waals surface area contributed by atoms with Crippen LogP contribution in [0.4, 0.5) is 0 Å². The number of hydrogen-bond acceptors (Lipinski definition) is 4. The molecule has 6 heteroatoms. The van der Waals surface area contributed by atoms with Crippen molar-refractivity contribution in [2.24, 2.45) is 0 Å². The Morgan fingerprint density at radius 3 is 0.867 bits per heavy atom. The van der Waals surface area contributed by atoms with Crippen molar-refractivity contribution in [3.05, 3.63) is 0 Å². The highest BCUT2D eigenvalue weighted by atomic mass is 16.2. The van der Waals surface area contributed by atoms with Crippen molar-refractivity contribution in [1.82, 2.24) is 20.0 Å². The number of hydrogen-bond donors (Lipinski definition) is 1. The first-order chi connectivity index (χ1) is 29.6. The summed E-state index contributed by atoms with van der Waals surface area (Å²) in [6.07, 6.45) is 52.5. The fraction of sp³-hybridized carbons (Fsp3) is 0.963. The molecule has 0 radical (unpaired) electrons. The molecule has 0 bridgehead atoms. The molecule has 0 heterocycles. The van der Waals surface area contributed by atoms with Crippen molar-refractivity contribution in [2.75, 3.05) is 58.9 Å². The Hall–Kier alpha value is -1.14. The van der Waals surface area contributed by atoms with Gasteiger partial charge in [-0.25, -0.2) is 0 Å². The van der Waals surface area contributed by atoms with Gasteiger partial charge in [-0.05, 0) is 90.6 Å². The molecule has 2 amide bonds. The van der Waals surface area contributed by atoms with Crippen LogP contribution in [0.1, 0.15) is 278 Å². The van der Waals surface area contributed by atoms with Crippen molar-refractivity contribution < 1.29 is 9.59 Å². The maximum Gasteiger partial charge on any atom is 0.222 e. The highest BCUT2D eigenvalue weighted by Crippen LogP contribution is 2.15. The van der Waals surface area contributed by atoms with Crippen LogP contribution in [0, 0.1) is 0 Å². The van der Waals surface area contributed by atoms with Gasteiger partial charge in [0.05, 0.1) is 0 Å². The molecule has 358 valence electrons. The largest absolute Gasteiger partial charge is 0.357 e. The molecule has 0 spiro atoms. The van der Waals surface area contributed by atoms with Gasteiger partial charge in [0, 0.05) is 26.1 Å². The average Bonchev–Trinajstić information content (AvgIpc) is 3.25. The molecule has 6 nitrogen and oxygen atoms in total. The highest BCUT2D eigenvalue weighted by molar-refractivity contribution is 5.76. The maximum absolute atomic E-state index is 13.5. The van der Waals surface area contributed by atoms with E-state index in [1.807, 2.05) is 4.90 Å². The number of nitrogens with zero attached hydrogens (tertiary/aromatic N) is 3. The Bertz CT molecular complexity index is 801. The third kappa shape index (κ3) is 43.5. The Kier molecular flexibility index (Phi) is 49.5. The van der Waals surface area contributed by atoms with Gasteiger partial charge in [0.2, 0.25) is 12.3 Å². The molecule has 0 saturated heterocycles. The van der Waals surface area contributed by atoms with E-state index < -0.39 is 0 Å². The highest BCUT2D eigenvalue weighted by Gasteiger charge is 2.14. The van der Waals surface area contributed by atoms with Crippen LogP contribution in [0.2, 0.25) is 0 Å². The lowest BCUT2D eigenvalue weighted by Crippen LogP contribution is -2.37. The van der Waals surface area contributed by atoms with Crippen LogP contribution in [0.25, 0.3) is 0 Å². The fourth-order valence-electron chi connectivity index (χ4n) is 8.93. The van der Waals surface area contributed by atoms with E-state index in [2.05, 4.69) is 42.8 Å². The fourth-order valence-corrected chi connectivity index (χ4v) is 8.93. The van der Waals surface area contributed by atoms with Crippen LogP contribution in [0.15, 0.2) is 0 Å². The molecule has 1 N–H and O–H groups in total. The van der Waals surface area contributed by atoms with E-state index in [-0.39, 0.29) is 5.91 Å². The summed E-state index contributed by atoms with van der Waals surface area (Å²) in [5.41, 5.74) is 0. The third-order valence-corrected chi connectivity index (χ3v) is 13.0. The summed E-state index contributed by atoms with van der Waals surface area (Å²) in [5, 5.41) is 2.81. The summed E-state index contributed by atoms with van der Waals surface area (Å²) in [6.45, 7) is 18.6. The van der Waals surface area contributed by atoms with E-state index in [1.54, 1.807) is 0 Å². The lowest BCUT2D eigenvalue weighted by Gasteiger charge is -2.24. The first-order valence-electron chi connectivity index (χ1n) is 27.5. The van der Waals surface area contributed by atoms with Crippen molar-refractivity contribution in [2.45, 2.75) is 278 Å². The van der Waals surface area contributed by atoms with E-state index >= 15 is 0 Å². The molecule has 0 fully saturated rings. The summed E-state index contributed by atoms with van der Waals surface area (Å²) in [6, 6.07) is 0. The predicted molar refractivity (Wildman–Crippen MR) is 266 cm³/mol. The lowest BCUT2D eigenvalue weighted by atomic mass is 10.1. The maximum atomic E-state index is 13.5. The molecule has 0 aromatic rings. The van der Waals surface area contributed by atoms with E-state index in [9.17, 15) is 9.59 Å². The normalized spacial score (nSPS) is 11.6. The molecule has 0 aliphatic rings. The van der Waals surface area contributed by atoms with Gasteiger partial charge in [-0.1, -0.05) is 220 Å². The van der Waals surface area contributed by atoms with Crippen LogP contribution in [0.5, 0.6) is 0 Å². The van der Waals surface area contributed by atoms with Crippen LogP contribution >= 0.6 is 0 Å². The molecule has 0 aliphatic heterocycles. The van der Waals surface area contributed by atoms with Crippen LogP contribution in [-0.2, 0) is 9.59 Å². The van der Waals surface area contributed by atoms with Gasteiger partial charge in [0.1, 0.15) is 0 Å². The smallest absolute Gasteiger partial charge is 0.222 e. The first kappa shape index (κ1) is 58.9. The van der Waals surface area contributed by atoms with Crippen LogP contribution in [0.3, 0.4) is 0 Å². The molecule has 60 heavy (non-hydrogen) atoms.